The number of sulfone groups is 1. The molecule has 2 aromatic carbocycles. The molecule has 0 aliphatic rings. The largest absolute Gasteiger partial charge is 0.501 e. The SMILES string of the molecule is [C-]#[N+][C@@](C)(COc1cc(C#N)ccc1C(F)(F)F)NC(=O)c1ccc(S(=O)(=O)C(F)(F)F)cc1. The first-order valence-electron chi connectivity index (χ1n) is 8.91. The molecule has 34 heavy (non-hydrogen) atoms. The van der Waals surface area contributed by atoms with Gasteiger partial charge in [-0.1, -0.05) is 0 Å². The molecule has 0 fully saturated rings. The van der Waals surface area contributed by atoms with Gasteiger partial charge in [0.25, 0.3) is 15.7 Å². The topological polar surface area (TPSA) is 101 Å². The van der Waals surface area contributed by atoms with Gasteiger partial charge in [-0.15, -0.1) is 0 Å². The van der Waals surface area contributed by atoms with Crippen LogP contribution in [0.15, 0.2) is 47.4 Å². The van der Waals surface area contributed by atoms with Gasteiger partial charge in [0, 0.05) is 12.5 Å². The number of rotatable bonds is 6. The van der Waals surface area contributed by atoms with Gasteiger partial charge in [-0.2, -0.15) is 31.6 Å². The minimum atomic E-state index is -5.63. The number of hydrogen-bond acceptors (Lipinski definition) is 5. The van der Waals surface area contributed by atoms with Gasteiger partial charge in [-0.3, -0.25) is 15.0 Å². The Morgan fingerprint density at radius 1 is 1.12 bits per heavy atom. The van der Waals surface area contributed by atoms with Crippen molar-refractivity contribution in [3.8, 4) is 11.8 Å². The predicted molar refractivity (Wildman–Crippen MR) is 104 cm³/mol. The fraction of sp³-hybridized carbons (Fsp3) is 0.250. The van der Waals surface area contributed by atoms with Crippen LogP contribution >= 0.6 is 0 Å². The number of nitrogens with one attached hydrogen (secondary N) is 1. The Hall–Kier alpha value is -3.78. The van der Waals surface area contributed by atoms with Crippen molar-refractivity contribution in [2.75, 3.05) is 6.61 Å². The summed E-state index contributed by atoms with van der Waals surface area (Å²) in [6, 6.07) is 6.65. The van der Waals surface area contributed by atoms with Crippen LogP contribution in [0, 0.1) is 17.9 Å². The molecule has 0 saturated carbocycles. The molecule has 0 unspecified atom stereocenters. The van der Waals surface area contributed by atoms with E-state index in [1.54, 1.807) is 6.07 Å². The molecule has 14 heteroatoms. The fourth-order valence-corrected chi connectivity index (χ4v) is 3.26. The first kappa shape index (κ1) is 26.5. The Morgan fingerprint density at radius 2 is 1.71 bits per heavy atom. The molecule has 0 aromatic heterocycles. The van der Waals surface area contributed by atoms with E-state index in [2.05, 4.69) is 10.2 Å². The van der Waals surface area contributed by atoms with Crippen molar-refractivity contribution in [1.82, 2.24) is 5.32 Å². The van der Waals surface area contributed by atoms with E-state index in [4.69, 9.17) is 16.6 Å². The smallest absolute Gasteiger partial charge is 0.482 e. The average molecular weight is 505 g/mol. The van der Waals surface area contributed by atoms with Gasteiger partial charge in [0.05, 0.1) is 22.1 Å². The lowest BCUT2D eigenvalue weighted by Gasteiger charge is -2.21. The molecule has 2 aromatic rings. The maximum atomic E-state index is 13.2. The molecule has 1 amide bonds. The van der Waals surface area contributed by atoms with Crippen molar-refractivity contribution in [2.24, 2.45) is 0 Å². The first-order chi connectivity index (χ1) is 15.5. The number of benzene rings is 2. The summed E-state index contributed by atoms with van der Waals surface area (Å²) < 4.78 is 105. The number of nitrogens with zero attached hydrogens (tertiary/aromatic N) is 2. The maximum Gasteiger partial charge on any atom is 0.501 e. The Balaban J connectivity index is 2.23. The Labute approximate surface area is 189 Å². The van der Waals surface area contributed by atoms with Crippen LogP contribution in [0.2, 0.25) is 0 Å². The van der Waals surface area contributed by atoms with Gasteiger partial charge in [0.1, 0.15) is 5.75 Å². The summed E-state index contributed by atoms with van der Waals surface area (Å²) in [5.41, 5.74) is -9.16. The van der Waals surface area contributed by atoms with Crippen LogP contribution in [0.4, 0.5) is 26.3 Å². The lowest BCUT2D eigenvalue weighted by Crippen LogP contribution is -2.47. The third-order valence-corrected chi connectivity index (χ3v) is 5.79. The number of hydrogen-bond donors (Lipinski definition) is 1. The number of alkyl halides is 6. The lowest BCUT2D eigenvalue weighted by molar-refractivity contribution is -0.139. The minimum absolute atomic E-state index is 0.148. The van der Waals surface area contributed by atoms with Crippen LogP contribution in [0.25, 0.3) is 4.85 Å². The van der Waals surface area contributed by atoms with E-state index in [1.165, 1.54) is 0 Å². The molecule has 0 radical (unpaired) electrons. The zero-order valence-electron chi connectivity index (χ0n) is 17.0. The monoisotopic (exact) mass is 505 g/mol. The Morgan fingerprint density at radius 3 is 2.18 bits per heavy atom. The molecule has 7 nitrogen and oxygen atoms in total. The molecule has 0 aliphatic heterocycles. The molecular formula is C20H13F6N3O4S. The molecule has 1 N–H and O–H groups in total. The van der Waals surface area contributed by atoms with Crippen LogP contribution in [0.1, 0.15) is 28.4 Å². The van der Waals surface area contributed by atoms with E-state index < -0.39 is 55.9 Å². The summed E-state index contributed by atoms with van der Waals surface area (Å²) in [5, 5.41) is 11.1. The van der Waals surface area contributed by atoms with E-state index in [0.29, 0.717) is 18.2 Å². The third-order valence-electron chi connectivity index (χ3n) is 4.29. The minimum Gasteiger partial charge on any atom is -0.482 e. The van der Waals surface area contributed by atoms with E-state index in [9.17, 15) is 39.6 Å². The molecule has 0 spiro atoms. The predicted octanol–water partition coefficient (Wildman–Crippen LogP) is 4.31. The standard InChI is InChI=1S/C20H13F6N3O4S/c1-18(28-2,11-33-16-9-12(10-27)3-8-15(16)19(21,22)23)29-17(30)13-4-6-14(7-5-13)34(31,32)20(24,25)26/h3-9H,11H2,1H3,(H,29,30)/t18-/m1/s1. The molecule has 0 heterocycles. The normalized spacial score (nSPS) is 13.8. The zero-order valence-corrected chi connectivity index (χ0v) is 17.8. The van der Waals surface area contributed by atoms with Crippen molar-refractivity contribution in [3.05, 3.63) is 70.6 Å². The van der Waals surface area contributed by atoms with E-state index in [-0.39, 0.29) is 11.1 Å². The van der Waals surface area contributed by atoms with Crippen LogP contribution in [-0.4, -0.2) is 32.1 Å². The fourth-order valence-electron chi connectivity index (χ4n) is 2.50. The lowest BCUT2D eigenvalue weighted by atomic mass is 10.1. The van der Waals surface area contributed by atoms with Crippen molar-refractivity contribution in [2.45, 2.75) is 29.2 Å². The summed E-state index contributed by atoms with van der Waals surface area (Å²) in [6.07, 6.45) is -4.83. The second-order valence-electron chi connectivity index (χ2n) is 6.92. The second kappa shape index (κ2) is 9.23. The van der Waals surface area contributed by atoms with Gasteiger partial charge < -0.3 is 4.74 Å². The van der Waals surface area contributed by atoms with Crippen LogP contribution < -0.4 is 10.1 Å². The van der Waals surface area contributed by atoms with Crippen molar-refractivity contribution < 1.29 is 44.3 Å². The molecule has 1 atom stereocenters. The maximum absolute atomic E-state index is 13.2. The van der Waals surface area contributed by atoms with Crippen LogP contribution in [-0.2, 0) is 16.0 Å². The summed E-state index contributed by atoms with van der Waals surface area (Å²) in [7, 11) is -5.63. The van der Waals surface area contributed by atoms with Crippen LogP contribution in [0.5, 0.6) is 5.75 Å². The summed E-state index contributed by atoms with van der Waals surface area (Å²) in [6.45, 7) is 7.59. The number of amides is 1. The highest BCUT2D eigenvalue weighted by Crippen LogP contribution is 2.37. The van der Waals surface area contributed by atoms with Gasteiger partial charge in [0.2, 0.25) is 0 Å². The molecule has 0 aliphatic carbocycles. The molecule has 0 bridgehead atoms. The van der Waals surface area contributed by atoms with E-state index in [1.807, 2.05) is 0 Å². The number of carbonyl (C=O) groups excluding carboxylic acids is 1. The van der Waals surface area contributed by atoms with E-state index >= 15 is 0 Å². The van der Waals surface area contributed by atoms with Gasteiger partial charge >= 0.3 is 17.3 Å². The third kappa shape index (κ3) is 5.77. The van der Waals surface area contributed by atoms with Crippen LogP contribution in [0.3, 0.4) is 0 Å². The van der Waals surface area contributed by atoms with Gasteiger partial charge in [-0.25, -0.2) is 15.0 Å². The summed E-state index contributed by atoms with van der Waals surface area (Å²) >= 11 is 0. The Bertz CT molecular complexity index is 1280. The number of nitriles is 1. The molecule has 0 saturated heterocycles. The molecule has 180 valence electrons. The highest BCUT2D eigenvalue weighted by molar-refractivity contribution is 7.92. The van der Waals surface area contributed by atoms with Gasteiger partial charge in [0.15, 0.2) is 6.61 Å². The second-order valence-corrected chi connectivity index (χ2v) is 8.86. The number of halogens is 6. The average Bonchev–Trinajstić information content (AvgIpc) is 2.76. The zero-order chi connectivity index (χ0) is 25.9. The number of carbonyl (C=O) groups is 1. The van der Waals surface area contributed by atoms with Crippen molar-refractivity contribution in [1.29, 1.82) is 5.26 Å². The summed E-state index contributed by atoms with van der Waals surface area (Å²) in [5.74, 6) is -1.78. The number of ether oxygens (including phenoxy) is 1. The van der Waals surface area contributed by atoms with Crippen molar-refractivity contribution in [3.63, 3.8) is 0 Å². The summed E-state index contributed by atoms with van der Waals surface area (Å²) in [4.78, 5) is 14.4. The van der Waals surface area contributed by atoms with Crippen molar-refractivity contribution >= 4 is 15.7 Å². The first-order valence-corrected chi connectivity index (χ1v) is 10.4. The highest BCUT2D eigenvalue weighted by atomic mass is 32.2. The Kier molecular flexibility index (Phi) is 7.18. The molecule has 2 rings (SSSR count). The highest BCUT2D eigenvalue weighted by Gasteiger charge is 2.47. The molecular weight excluding hydrogens is 492 g/mol. The van der Waals surface area contributed by atoms with E-state index in [0.717, 1.165) is 31.2 Å². The van der Waals surface area contributed by atoms with Gasteiger partial charge in [-0.05, 0) is 42.5 Å². The quantitative estimate of drug-likeness (QED) is 0.466.